The van der Waals surface area contributed by atoms with Crippen LogP contribution in [-0.4, -0.2) is 5.91 Å². The van der Waals surface area contributed by atoms with E-state index in [1.165, 1.54) is 34.6 Å². The van der Waals surface area contributed by atoms with Crippen LogP contribution in [0.15, 0.2) is 28.7 Å². The Hall–Kier alpha value is -1.13. The molecule has 1 heterocycles. The van der Waals surface area contributed by atoms with Gasteiger partial charge in [-0.15, -0.1) is 11.3 Å². The molecular weight excluding hydrogens is 334 g/mol. The van der Waals surface area contributed by atoms with Crippen molar-refractivity contribution in [2.24, 2.45) is 0 Å². The van der Waals surface area contributed by atoms with Crippen LogP contribution < -0.4 is 5.32 Å². The summed E-state index contributed by atoms with van der Waals surface area (Å²) in [4.78, 5) is 14.9. The number of rotatable bonds is 3. The van der Waals surface area contributed by atoms with E-state index in [4.69, 9.17) is 0 Å². The molecule has 0 atom stereocenters. The van der Waals surface area contributed by atoms with Gasteiger partial charge in [0.15, 0.2) is 0 Å². The summed E-state index contributed by atoms with van der Waals surface area (Å²) < 4.78 is 1.03. The molecule has 1 aromatic carbocycles. The number of benzene rings is 1. The number of halogens is 1. The highest BCUT2D eigenvalue weighted by molar-refractivity contribution is 9.10. The lowest BCUT2D eigenvalue weighted by molar-refractivity contribution is 0.0951. The van der Waals surface area contributed by atoms with Gasteiger partial charge in [0.2, 0.25) is 0 Å². The van der Waals surface area contributed by atoms with Crippen LogP contribution in [0.5, 0.6) is 0 Å². The van der Waals surface area contributed by atoms with Gasteiger partial charge in [0.1, 0.15) is 0 Å². The van der Waals surface area contributed by atoms with E-state index in [2.05, 4.69) is 27.3 Å². The molecule has 3 rings (SSSR count). The van der Waals surface area contributed by atoms with Gasteiger partial charge in [-0.1, -0.05) is 15.9 Å². The minimum Gasteiger partial charge on any atom is -0.347 e. The van der Waals surface area contributed by atoms with Gasteiger partial charge in [-0.3, -0.25) is 4.79 Å². The second-order valence-corrected chi connectivity index (χ2v) is 7.24. The van der Waals surface area contributed by atoms with E-state index < -0.39 is 0 Å². The van der Waals surface area contributed by atoms with Crippen molar-refractivity contribution in [3.63, 3.8) is 0 Å². The van der Waals surface area contributed by atoms with Crippen LogP contribution in [0, 0.1) is 6.92 Å². The molecule has 20 heavy (non-hydrogen) atoms. The summed E-state index contributed by atoms with van der Waals surface area (Å²) in [5.41, 5.74) is 3.28. The van der Waals surface area contributed by atoms with Crippen LogP contribution in [0.1, 0.15) is 37.7 Å². The molecule has 1 amide bonds. The molecule has 2 aromatic rings. The third-order valence-electron chi connectivity index (χ3n) is 3.64. The molecule has 0 saturated heterocycles. The fraction of sp³-hybridized carbons (Fsp3) is 0.312. The SMILES string of the molecule is Cc1cc(C(=O)NCc2cc3c(s2)CCC3)ccc1Br. The maximum absolute atomic E-state index is 12.1. The van der Waals surface area contributed by atoms with E-state index >= 15 is 0 Å². The lowest BCUT2D eigenvalue weighted by Crippen LogP contribution is -2.22. The topological polar surface area (TPSA) is 29.1 Å². The number of aryl methyl sites for hydroxylation is 3. The monoisotopic (exact) mass is 349 g/mol. The summed E-state index contributed by atoms with van der Waals surface area (Å²) in [7, 11) is 0. The molecule has 0 radical (unpaired) electrons. The molecule has 104 valence electrons. The van der Waals surface area contributed by atoms with E-state index in [9.17, 15) is 4.79 Å². The molecule has 1 aliphatic carbocycles. The highest BCUT2D eigenvalue weighted by atomic mass is 79.9. The Bertz CT molecular complexity index is 641. The lowest BCUT2D eigenvalue weighted by Gasteiger charge is -2.05. The Morgan fingerprint density at radius 3 is 2.95 bits per heavy atom. The van der Waals surface area contributed by atoms with Gasteiger partial charge in [0.25, 0.3) is 5.91 Å². The van der Waals surface area contributed by atoms with Gasteiger partial charge in [0.05, 0.1) is 6.54 Å². The second kappa shape index (κ2) is 5.70. The van der Waals surface area contributed by atoms with Crippen molar-refractivity contribution in [1.82, 2.24) is 5.32 Å². The average molecular weight is 350 g/mol. The first-order valence-electron chi connectivity index (χ1n) is 6.78. The number of thiophene rings is 1. The van der Waals surface area contributed by atoms with Crippen molar-refractivity contribution in [3.8, 4) is 0 Å². The number of fused-ring (bicyclic) bond motifs is 1. The third-order valence-corrected chi connectivity index (χ3v) is 5.77. The van der Waals surface area contributed by atoms with Gasteiger partial charge >= 0.3 is 0 Å². The zero-order valence-corrected chi connectivity index (χ0v) is 13.7. The van der Waals surface area contributed by atoms with E-state index in [0.717, 1.165) is 15.6 Å². The van der Waals surface area contributed by atoms with Crippen LogP contribution >= 0.6 is 27.3 Å². The molecule has 0 bridgehead atoms. The van der Waals surface area contributed by atoms with Crippen molar-refractivity contribution in [1.29, 1.82) is 0 Å². The molecule has 4 heteroatoms. The predicted molar refractivity (Wildman–Crippen MR) is 86.4 cm³/mol. The van der Waals surface area contributed by atoms with Crippen molar-refractivity contribution in [2.45, 2.75) is 32.7 Å². The van der Waals surface area contributed by atoms with Crippen LogP contribution in [-0.2, 0) is 19.4 Å². The molecule has 0 spiro atoms. The molecule has 0 saturated carbocycles. The van der Waals surface area contributed by atoms with Gasteiger partial charge in [-0.05, 0) is 61.6 Å². The largest absolute Gasteiger partial charge is 0.347 e. The molecular formula is C16H16BrNOS. The highest BCUT2D eigenvalue weighted by Gasteiger charge is 2.15. The second-order valence-electron chi connectivity index (χ2n) is 5.16. The first-order valence-corrected chi connectivity index (χ1v) is 8.39. The van der Waals surface area contributed by atoms with Gasteiger partial charge in [-0.2, -0.15) is 0 Å². The van der Waals surface area contributed by atoms with Crippen LogP contribution in [0.4, 0.5) is 0 Å². The number of carbonyl (C=O) groups is 1. The van der Waals surface area contributed by atoms with E-state index in [1.807, 2.05) is 36.5 Å². The minimum atomic E-state index is -0.00541. The molecule has 0 unspecified atom stereocenters. The quantitative estimate of drug-likeness (QED) is 0.882. The van der Waals surface area contributed by atoms with E-state index in [0.29, 0.717) is 6.54 Å². The molecule has 0 fully saturated rings. The summed E-state index contributed by atoms with van der Waals surface area (Å²) in [6.45, 7) is 2.62. The number of hydrogen-bond donors (Lipinski definition) is 1. The van der Waals surface area contributed by atoms with Crippen LogP contribution in [0.2, 0.25) is 0 Å². The summed E-state index contributed by atoms with van der Waals surface area (Å²) >= 11 is 5.29. The zero-order chi connectivity index (χ0) is 14.1. The maximum Gasteiger partial charge on any atom is 0.251 e. The predicted octanol–water partition coefficient (Wildman–Crippen LogP) is 4.24. The molecule has 1 aliphatic rings. The van der Waals surface area contributed by atoms with E-state index in [-0.39, 0.29) is 5.91 Å². The van der Waals surface area contributed by atoms with Crippen molar-refractivity contribution < 1.29 is 4.79 Å². The number of amides is 1. The summed E-state index contributed by atoms with van der Waals surface area (Å²) in [5.74, 6) is -0.00541. The van der Waals surface area contributed by atoms with E-state index in [1.54, 1.807) is 0 Å². The minimum absolute atomic E-state index is 0.00541. The van der Waals surface area contributed by atoms with Crippen LogP contribution in [0.3, 0.4) is 0 Å². The van der Waals surface area contributed by atoms with Crippen molar-refractivity contribution in [3.05, 3.63) is 55.2 Å². The van der Waals surface area contributed by atoms with Gasteiger partial charge in [-0.25, -0.2) is 0 Å². The third kappa shape index (κ3) is 2.81. The maximum atomic E-state index is 12.1. The molecule has 1 N–H and O–H groups in total. The standard InChI is InChI=1S/C16H16BrNOS/c1-10-7-12(5-6-14(10)17)16(19)18-9-13-8-11-3-2-4-15(11)20-13/h5-8H,2-4,9H2,1H3,(H,18,19). The van der Waals surface area contributed by atoms with Crippen LogP contribution in [0.25, 0.3) is 0 Å². The first-order chi connectivity index (χ1) is 9.63. The summed E-state index contributed by atoms with van der Waals surface area (Å²) in [6.07, 6.45) is 3.69. The van der Waals surface area contributed by atoms with Gasteiger partial charge in [0, 0.05) is 19.8 Å². The zero-order valence-electron chi connectivity index (χ0n) is 11.3. The Balaban J connectivity index is 1.65. The summed E-state index contributed by atoms with van der Waals surface area (Å²) in [6, 6.07) is 7.93. The summed E-state index contributed by atoms with van der Waals surface area (Å²) in [5, 5.41) is 3.01. The number of nitrogens with one attached hydrogen (secondary N) is 1. The van der Waals surface area contributed by atoms with Crippen molar-refractivity contribution >= 4 is 33.2 Å². The Morgan fingerprint density at radius 2 is 2.20 bits per heavy atom. The highest BCUT2D eigenvalue weighted by Crippen LogP contribution is 2.30. The first kappa shape index (κ1) is 13.8. The number of hydrogen-bond acceptors (Lipinski definition) is 2. The van der Waals surface area contributed by atoms with Gasteiger partial charge < -0.3 is 5.32 Å². The van der Waals surface area contributed by atoms with Crippen molar-refractivity contribution in [2.75, 3.05) is 0 Å². The smallest absolute Gasteiger partial charge is 0.251 e. The lowest BCUT2D eigenvalue weighted by atomic mass is 10.1. The molecule has 0 aliphatic heterocycles. The number of carbonyl (C=O) groups excluding carboxylic acids is 1. The fourth-order valence-corrected chi connectivity index (χ4v) is 3.98. The Kier molecular flexibility index (Phi) is 3.94. The normalized spacial score (nSPS) is 13.3. The Morgan fingerprint density at radius 1 is 1.35 bits per heavy atom. The average Bonchev–Trinajstić information content (AvgIpc) is 3.00. The molecule has 1 aromatic heterocycles. The fourth-order valence-electron chi connectivity index (χ4n) is 2.53. The Labute approximate surface area is 131 Å². The molecule has 2 nitrogen and oxygen atoms in total.